The zero-order valence-corrected chi connectivity index (χ0v) is 13.2. The molecule has 1 saturated heterocycles. The van der Waals surface area contributed by atoms with Crippen LogP contribution in [-0.4, -0.2) is 43.6 Å². The molecule has 0 spiro atoms. The van der Waals surface area contributed by atoms with Gasteiger partial charge in [-0.05, 0) is 37.7 Å². The van der Waals surface area contributed by atoms with Gasteiger partial charge in [0, 0.05) is 25.7 Å². The number of benzene rings is 1. The minimum atomic E-state index is -3.47. The van der Waals surface area contributed by atoms with Crippen LogP contribution in [0, 0.1) is 5.92 Å². The molecular formula is C15H24N2O3S. The predicted octanol–water partition coefficient (Wildman–Crippen LogP) is 1.16. The number of hydrogen-bond donors (Lipinski definition) is 2. The number of aliphatic hydroxyl groups is 1. The summed E-state index contributed by atoms with van der Waals surface area (Å²) in [6.45, 7) is 2.86. The van der Waals surface area contributed by atoms with E-state index in [0.717, 1.165) is 18.4 Å². The van der Waals surface area contributed by atoms with E-state index < -0.39 is 10.2 Å². The molecule has 1 aromatic rings. The second-order valence-electron chi connectivity index (χ2n) is 5.76. The molecule has 0 aliphatic carbocycles. The summed E-state index contributed by atoms with van der Waals surface area (Å²) in [5, 5.41) is 9.21. The molecule has 1 aromatic carbocycles. The fourth-order valence-corrected chi connectivity index (χ4v) is 4.25. The first-order valence-electron chi connectivity index (χ1n) is 7.43. The maximum absolute atomic E-state index is 12.4. The minimum absolute atomic E-state index is 0.0472. The maximum Gasteiger partial charge on any atom is 0.279 e. The molecule has 2 unspecified atom stereocenters. The summed E-state index contributed by atoms with van der Waals surface area (Å²) in [5.74, 6) is 0.0553. The van der Waals surface area contributed by atoms with Gasteiger partial charge in [0.1, 0.15) is 0 Å². The van der Waals surface area contributed by atoms with E-state index in [1.165, 1.54) is 4.31 Å². The Hall–Kier alpha value is -0.950. The lowest BCUT2D eigenvalue weighted by Gasteiger charge is -2.31. The van der Waals surface area contributed by atoms with E-state index >= 15 is 0 Å². The van der Waals surface area contributed by atoms with Crippen molar-refractivity contribution in [3.63, 3.8) is 0 Å². The lowest BCUT2D eigenvalue weighted by Crippen LogP contribution is -2.49. The van der Waals surface area contributed by atoms with Crippen LogP contribution in [0.5, 0.6) is 0 Å². The van der Waals surface area contributed by atoms with Gasteiger partial charge in [-0.1, -0.05) is 30.3 Å². The van der Waals surface area contributed by atoms with E-state index in [2.05, 4.69) is 4.72 Å². The second-order valence-corrected chi connectivity index (χ2v) is 7.46. The highest BCUT2D eigenvalue weighted by atomic mass is 32.2. The van der Waals surface area contributed by atoms with Gasteiger partial charge in [-0.15, -0.1) is 0 Å². The number of piperidine rings is 1. The molecule has 6 heteroatoms. The second kappa shape index (κ2) is 7.35. The van der Waals surface area contributed by atoms with Crippen molar-refractivity contribution < 1.29 is 13.5 Å². The lowest BCUT2D eigenvalue weighted by molar-refractivity contribution is 0.164. The third-order valence-corrected chi connectivity index (χ3v) is 5.53. The Kier molecular flexibility index (Phi) is 5.75. The predicted molar refractivity (Wildman–Crippen MR) is 83.0 cm³/mol. The zero-order valence-electron chi connectivity index (χ0n) is 12.4. The quantitative estimate of drug-likeness (QED) is 0.828. The summed E-state index contributed by atoms with van der Waals surface area (Å²) in [6.07, 6.45) is 2.36. The van der Waals surface area contributed by atoms with Crippen molar-refractivity contribution in [3.8, 4) is 0 Å². The van der Waals surface area contributed by atoms with Crippen molar-refractivity contribution in [2.75, 3.05) is 19.7 Å². The van der Waals surface area contributed by atoms with Crippen LogP contribution in [0.1, 0.15) is 25.3 Å². The number of nitrogens with one attached hydrogen (secondary N) is 1. The Morgan fingerprint density at radius 3 is 2.76 bits per heavy atom. The largest absolute Gasteiger partial charge is 0.396 e. The van der Waals surface area contributed by atoms with Crippen molar-refractivity contribution in [1.29, 1.82) is 0 Å². The van der Waals surface area contributed by atoms with Crippen LogP contribution in [0.3, 0.4) is 0 Å². The molecule has 0 radical (unpaired) electrons. The first-order valence-corrected chi connectivity index (χ1v) is 8.87. The average molecular weight is 312 g/mol. The third kappa shape index (κ3) is 4.78. The molecule has 1 heterocycles. The Labute approximate surface area is 127 Å². The Bertz CT molecular complexity index is 533. The highest BCUT2D eigenvalue weighted by molar-refractivity contribution is 7.87. The molecule has 21 heavy (non-hydrogen) atoms. The fourth-order valence-electron chi connectivity index (χ4n) is 2.73. The molecule has 1 aliphatic rings. The van der Waals surface area contributed by atoms with Gasteiger partial charge >= 0.3 is 0 Å². The minimum Gasteiger partial charge on any atom is -0.396 e. The Morgan fingerprint density at radius 2 is 2.10 bits per heavy atom. The highest BCUT2D eigenvalue weighted by Gasteiger charge is 2.29. The van der Waals surface area contributed by atoms with E-state index in [-0.39, 0.29) is 18.6 Å². The molecule has 1 fully saturated rings. The van der Waals surface area contributed by atoms with E-state index in [0.29, 0.717) is 19.5 Å². The molecule has 0 saturated carbocycles. The van der Waals surface area contributed by atoms with Crippen LogP contribution in [0.4, 0.5) is 0 Å². The van der Waals surface area contributed by atoms with Crippen LogP contribution in [0.15, 0.2) is 30.3 Å². The summed E-state index contributed by atoms with van der Waals surface area (Å²) >= 11 is 0. The molecule has 1 aliphatic heterocycles. The van der Waals surface area contributed by atoms with Crippen LogP contribution in [0.25, 0.3) is 0 Å². The van der Waals surface area contributed by atoms with E-state index in [4.69, 9.17) is 0 Å². The van der Waals surface area contributed by atoms with Gasteiger partial charge in [-0.25, -0.2) is 0 Å². The summed E-state index contributed by atoms with van der Waals surface area (Å²) in [4.78, 5) is 0. The Morgan fingerprint density at radius 1 is 1.38 bits per heavy atom. The summed E-state index contributed by atoms with van der Waals surface area (Å²) in [5.41, 5.74) is 1.11. The standard InChI is InChI=1S/C15H24N2O3S/c1-13(10-14-6-3-2-4-7-14)16-21(19,20)17-9-5-8-15(11-17)12-18/h2-4,6-7,13,15-16,18H,5,8-12H2,1H3. The lowest BCUT2D eigenvalue weighted by atomic mass is 10.0. The smallest absolute Gasteiger partial charge is 0.279 e. The van der Waals surface area contributed by atoms with E-state index in [1.54, 1.807) is 0 Å². The average Bonchev–Trinajstić information content (AvgIpc) is 2.47. The summed E-state index contributed by atoms with van der Waals surface area (Å²) < 4.78 is 29.0. The van der Waals surface area contributed by atoms with Crippen molar-refractivity contribution in [3.05, 3.63) is 35.9 Å². The number of aliphatic hydroxyl groups excluding tert-OH is 1. The molecule has 118 valence electrons. The topological polar surface area (TPSA) is 69.6 Å². The maximum atomic E-state index is 12.4. The van der Waals surface area contributed by atoms with Gasteiger partial charge in [-0.2, -0.15) is 17.4 Å². The van der Waals surface area contributed by atoms with Crippen LogP contribution >= 0.6 is 0 Å². The van der Waals surface area contributed by atoms with Crippen molar-refractivity contribution >= 4 is 10.2 Å². The third-order valence-electron chi connectivity index (χ3n) is 3.81. The van der Waals surface area contributed by atoms with Crippen LogP contribution < -0.4 is 4.72 Å². The molecule has 0 amide bonds. The van der Waals surface area contributed by atoms with Gasteiger partial charge in [0.15, 0.2) is 0 Å². The van der Waals surface area contributed by atoms with Gasteiger partial charge in [0.2, 0.25) is 0 Å². The summed E-state index contributed by atoms with van der Waals surface area (Å²) in [7, 11) is -3.47. The van der Waals surface area contributed by atoms with Gasteiger partial charge in [-0.3, -0.25) is 0 Å². The SMILES string of the molecule is CC(Cc1ccccc1)NS(=O)(=O)N1CCCC(CO)C1. The molecule has 5 nitrogen and oxygen atoms in total. The summed E-state index contributed by atoms with van der Waals surface area (Å²) in [6, 6.07) is 9.68. The monoisotopic (exact) mass is 312 g/mol. The van der Waals surface area contributed by atoms with Crippen molar-refractivity contribution in [2.24, 2.45) is 5.92 Å². The molecular weight excluding hydrogens is 288 g/mol. The molecule has 0 aromatic heterocycles. The van der Waals surface area contributed by atoms with E-state index in [1.807, 2.05) is 37.3 Å². The van der Waals surface area contributed by atoms with Crippen LogP contribution in [-0.2, 0) is 16.6 Å². The van der Waals surface area contributed by atoms with Crippen molar-refractivity contribution in [2.45, 2.75) is 32.2 Å². The molecule has 2 N–H and O–H groups in total. The zero-order chi connectivity index (χ0) is 15.3. The number of nitrogens with zero attached hydrogens (tertiary/aromatic N) is 1. The Balaban J connectivity index is 1.93. The first kappa shape index (κ1) is 16.4. The molecule has 2 rings (SSSR count). The number of rotatable bonds is 6. The van der Waals surface area contributed by atoms with Gasteiger partial charge in [0.25, 0.3) is 10.2 Å². The van der Waals surface area contributed by atoms with Crippen LogP contribution in [0.2, 0.25) is 0 Å². The van der Waals surface area contributed by atoms with Gasteiger partial charge in [0.05, 0.1) is 0 Å². The molecule has 0 bridgehead atoms. The first-order chi connectivity index (χ1) is 10.0. The number of hydrogen-bond acceptors (Lipinski definition) is 3. The normalized spacial score (nSPS) is 22.1. The fraction of sp³-hybridized carbons (Fsp3) is 0.600. The molecule has 2 atom stereocenters. The highest BCUT2D eigenvalue weighted by Crippen LogP contribution is 2.18. The van der Waals surface area contributed by atoms with Crippen molar-refractivity contribution in [1.82, 2.24) is 9.03 Å². The van der Waals surface area contributed by atoms with Gasteiger partial charge < -0.3 is 5.11 Å². The van der Waals surface area contributed by atoms with E-state index in [9.17, 15) is 13.5 Å².